The van der Waals surface area contributed by atoms with E-state index in [2.05, 4.69) is 6.92 Å². The zero-order valence-corrected chi connectivity index (χ0v) is 12.9. The lowest BCUT2D eigenvalue weighted by molar-refractivity contribution is 0.579. The zero-order valence-electron chi connectivity index (χ0n) is 12.1. The third-order valence-electron chi connectivity index (χ3n) is 3.60. The topological polar surface area (TPSA) is 34.1 Å². The van der Waals surface area contributed by atoms with Crippen molar-refractivity contribution in [1.29, 1.82) is 0 Å². The maximum Gasteiger partial charge on any atom is 0.157 e. The Hall–Kier alpha value is -1.61. The Morgan fingerprint density at radius 2 is 1.48 bits per heavy atom. The molecule has 0 fully saturated rings. The van der Waals surface area contributed by atoms with Crippen LogP contribution in [0.25, 0.3) is 0 Å². The molecule has 21 heavy (non-hydrogen) atoms. The van der Waals surface area contributed by atoms with Crippen LogP contribution in [0.1, 0.15) is 29.2 Å². The van der Waals surface area contributed by atoms with E-state index in [-0.39, 0.29) is 5.75 Å². The van der Waals surface area contributed by atoms with Crippen molar-refractivity contribution >= 4 is 9.84 Å². The number of hydrogen-bond donors (Lipinski definition) is 0. The van der Waals surface area contributed by atoms with Crippen molar-refractivity contribution in [3.63, 3.8) is 0 Å². The summed E-state index contributed by atoms with van der Waals surface area (Å²) in [6.45, 7) is 3.82. The summed E-state index contributed by atoms with van der Waals surface area (Å²) in [5, 5.41) is -0.491. The molecule has 0 aromatic heterocycles. The SMILES string of the molecule is [CH2]CC(c1ccccc1)S(=O)(=O)CCCc1ccccc1. The van der Waals surface area contributed by atoms with Crippen LogP contribution in [0.15, 0.2) is 60.7 Å². The molecule has 2 aromatic carbocycles. The Balaban J connectivity index is 2.00. The molecule has 2 rings (SSSR count). The van der Waals surface area contributed by atoms with Crippen LogP contribution in [0.3, 0.4) is 0 Å². The summed E-state index contributed by atoms with van der Waals surface area (Å²) >= 11 is 0. The Kier molecular flexibility index (Phi) is 5.57. The second-order valence-corrected chi connectivity index (χ2v) is 7.45. The van der Waals surface area contributed by atoms with Gasteiger partial charge in [0, 0.05) is 0 Å². The molecular weight excluding hydrogens is 280 g/mol. The van der Waals surface area contributed by atoms with Crippen LogP contribution in [0.2, 0.25) is 0 Å². The van der Waals surface area contributed by atoms with Gasteiger partial charge >= 0.3 is 0 Å². The van der Waals surface area contributed by atoms with Crippen LogP contribution in [0, 0.1) is 6.92 Å². The van der Waals surface area contributed by atoms with Gasteiger partial charge in [0.25, 0.3) is 0 Å². The number of aryl methyl sites for hydroxylation is 1. The molecule has 0 N–H and O–H groups in total. The predicted molar refractivity (Wildman–Crippen MR) is 87.7 cm³/mol. The summed E-state index contributed by atoms with van der Waals surface area (Å²) in [5.74, 6) is 0.205. The Morgan fingerprint density at radius 1 is 0.905 bits per heavy atom. The maximum atomic E-state index is 12.5. The van der Waals surface area contributed by atoms with Crippen LogP contribution in [0.4, 0.5) is 0 Å². The molecule has 2 nitrogen and oxygen atoms in total. The summed E-state index contributed by atoms with van der Waals surface area (Å²) in [7, 11) is -3.16. The molecule has 1 radical (unpaired) electrons. The fraction of sp³-hybridized carbons (Fsp3) is 0.278. The van der Waals surface area contributed by atoms with Gasteiger partial charge in [-0.25, -0.2) is 8.42 Å². The summed E-state index contributed by atoms with van der Waals surface area (Å²) in [4.78, 5) is 0. The van der Waals surface area contributed by atoms with Gasteiger partial charge in [-0.2, -0.15) is 0 Å². The van der Waals surface area contributed by atoms with Crippen molar-refractivity contribution in [2.45, 2.75) is 24.5 Å². The summed E-state index contributed by atoms with van der Waals surface area (Å²) in [5.41, 5.74) is 2.02. The Morgan fingerprint density at radius 3 is 2.05 bits per heavy atom. The Bertz CT molecular complexity index is 633. The minimum absolute atomic E-state index is 0.205. The number of hydrogen-bond acceptors (Lipinski definition) is 2. The fourth-order valence-electron chi connectivity index (χ4n) is 2.49. The molecule has 0 aliphatic heterocycles. The highest BCUT2D eigenvalue weighted by Crippen LogP contribution is 2.26. The lowest BCUT2D eigenvalue weighted by Crippen LogP contribution is -2.17. The molecule has 0 heterocycles. The number of sulfone groups is 1. The average Bonchev–Trinajstić information content (AvgIpc) is 2.49. The highest BCUT2D eigenvalue weighted by atomic mass is 32.2. The van der Waals surface area contributed by atoms with Gasteiger partial charge in [-0.3, -0.25) is 0 Å². The zero-order chi connectivity index (χ0) is 15.1. The van der Waals surface area contributed by atoms with Gasteiger partial charge in [-0.15, -0.1) is 0 Å². The van der Waals surface area contributed by atoms with E-state index in [1.165, 1.54) is 5.56 Å². The normalized spacial score (nSPS) is 13.0. The molecule has 0 bridgehead atoms. The summed E-state index contributed by atoms with van der Waals surface area (Å²) in [6, 6.07) is 19.4. The van der Waals surface area contributed by atoms with E-state index in [4.69, 9.17) is 0 Å². The molecule has 1 unspecified atom stereocenters. The van der Waals surface area contributed by atoms with Gasteiger partial charge in [0.1, 0.15) is 0 Å². The van der Waals surface area contributed by atoms with Crippen LogP contribution in [-0.4, -0.2) is 14.2 Å². The van der Waals surface area contributed by atoms with Gasteiger partial charge in [-0.05, 0) is 30.4 Å². The van der Waals surface area contributed by atoms with Gasteiger partial charge in [0.05, 0.1) is 11.0 Å². The lowest BCUT2D eigenvalue weighted by Gasteiger charge is -2.16. The first-order chi connectivity index (χ1) is 10.1. The van der Waals surface area contributed by atoms with Gasteiger partial charge in [0.15, 0.2) is 9.84 Å². The van der Waals surface area contributed by atoms with E-state index in [0.29, 0.717) is 12.8 Å². The van der Waals surface area contributed by atoms with Crippen molar-refractivity contribution < 1.29 is 8.42 Å². The van der Waals surface area contributed by atoms with E-state index in [1.807, 2.05) is 60.7 Å². The predicted octanol–water partition coefficient (Wildman–Crippen LogP) is 4.00. The Labute approximate surface area is 127 Å². The van der Waals surface area contributed by atoms with Gasteiger partial charge in [0.2, 0.25) is 0 Å². The van der Waals surface area contributed by atoms with E-state index in [0.717, 1.165) is 12.0 Å². The monoisotopic (exact) mass is 301 g/mol. The van der Waals surface area contributed by atoms with Gasteiger partial charge in [-0.1, -0.05) is 67.6 Å². The molecule has 0 saturated carbocycles. The fourth-order valence-corrected chi connectivity index (χ4v) is 4.25. The quantitative estimate of drug-likeness (QED) is 0.774. The molecule has 3 heteroatoms. The largest absolute Gasteiger partial charge is 0.228 e. The van der Waals surface area contributed by atoms with Crippen molar-refractivity contribution in [3.8, 4) is 0 Å². The van der Waals surface area contributed by atoms with E-state index in [9.17, 15) is 8.42 Å². The first-order valence-electron chi connectivity index (χ1n) is 7.23. The van der Waals surface area contributed by atoms with Crippen molar-refractivity contribution in [2.75, 3.05) is 5.75 Å². The minimum Gasteiger partial charge on any atom is -0.228 e. The minimum atomic E-state index is -3.16. The molecule has 0 amide bonds. The first-order valence-corrected chi connectivity index (χ1v) is 8.94. The second kappa shape index (κ2) is 7.41. The molecule has 0 spiro atoms. The molecule has 0 aliphatic rings. The summed E-state index contributed by atoms with van der Waals surface area (Å²) in [6.07, 6.45) is 1.81. The highest BCUT2D eigenvalue weighted by molar-refractivity contribution is 7.91. The number of rotatable bonds is 7. The van der Waals surface area contributed by atoms with Gasteiger partial charge < -0.3 is 0 Å². The van der Waals surface area contributed by atoms with Crippen molar-refractivity contribution in [3.05, 3.63) is 78.7 Å². The third-order valence-corrected chi connectivity index (χ3v) is 5.84. The standard InChI is InChI=1S/C18H21O2S/c1-2-18(17-13-7-4-8-14-17)21(19,20)15-9-12-16-10-5-3-6-11-16/h3-8,10-11,13-14,18H,1-2,9,12,15H2. The molecule has 111 valence electrons. The highest BCUT2D eigenvalue weighted by Gasteiger charge is 2.24. The van der Waals surface area contributed by atoms with Crippen molar-refractivity contribution in [2.24, 2.45) is 0 Å². The average molecular weight is 301 g/mol. The van der Waals surface area contributed by atoms with E-state index in [1.54, 1.807) is 0 Å². The van der Waals surface area contributed by atoms with Crippen LogP contribution < -0.4 is 0 Å². The summed E-state index contributed by atoms with van der Waals surface area (Å²) < 4.78 is 25.0. The lowest BCUT2D eigenvalue weighted by atomic mass is 10.1. The second-order valence-electron chi connectivity index (χ2n) is 5.14. The van der Waals surface area contributed by atoms with Crippen LogP contribution in [-0.2, 0) is 16.3 Å². The van der Waals surface area contributed by atoms with Crippen molar-refractivity contribution in [1.82, 2.24) is 0 Å². The van der Waals surface area contributed by atoms with Crippen LogP contribution in [0.5, 0.6) is 0 Å². The van der Waals surface area contributed by atoms with E-state index < -0.39 is 15.1 Å². The maximum absolute atomic E-state index is 12.5. The number of benzene rings is 2. The molecule has 2 aromatic rings. The molecule has 1 atom stereocenters. The van der Waals surface area contributed by atoms with Crippen LogP contribution >= 0.6 is 0 Å². The molecule has 0 saturated heterocycles. The smallest absolute Gasteiger partial charge is 0.157 e. The third kappa shape index (κ3) is 4.43. The molecule has 0 aliphatic carbocycles. The first kappa shape index (κ1) is 15.8. The molecular formula is C18H21O2S. The van der Waals surface area contributed by atoms with E-state index >= 15 is 0 Å².